The first-order valence-electron chi connectivity index (χ1n) is 23.0. The van der Waals surface area contributed by atoms with Crippen LogP contribution in [0, 0.1) is 46.3 Å². The van der Waals surface area contributed by atoms with Gasteiger partial charge in [0.15, 0.2) is 24.7 Å². The van der Waals surface area contributed by atoms with Gasteiger partial charge in [-0.25, -0.2) is 0 Å². The molecule has 0 aromatic rings. The van der Waals surface area contributed by atoms with E-state index in [0.29, 0.717) is 36.7 Å². The maximum atomic E-state index is 11.6. The van der Waals surface area contributed by atoms with Gasteiger partial charge in [-0.2, -0.15) is 0 Å². The van der Waals surface area contributed by atoms with Crippen molar-refractivity contribution in [2.45, 2.75) is 189 Å². The number of ether oxygens (including phenoxy) is 8. The molecule has 0 aromatic heterocycles. The van der Waals surface area contributed by atoms with E-state index >= 15 is 0 Å². The van der Waals surface area contributed by atoms with Crippen LogP contribution in [0.4, 0.5) is 0 Å². The van der Waals surface area contributed by atoms with E-state index in [4.69, 9.17) is 37.9 Å². The fraction of sp³-hybridized carbons (Fsp3) is 0.955. The molecule has 4 aliphatic carbocycles. The van der Waals surface area contributed by atoms with Crippen molar-refractivity contribution in [2.24, 2.45) is 46.3 Å². The van der Waals surface area contributed by atoms with Gasteiger partial charge in [0.1, 0.15) is 67.1 Å². The Hall–Kier alpha value is -0.980. The van der Waals surface area contributed by atoms with Gasteiger partial charge in [-0.1, -0.05) is 39.3 Å². The summed E-state index contributed by atoms with van der Waals surface area (Å²) in [5.41, 5.74) is 0.532. The van der Waals surface area contributed by atoms with Gasteiger partial charge < -0.3 is 89.0 Å². The van der Waals surface area contributed by atoms with Crippen molar-refractivity contribution in [2.75, 3.05) is 26.4 Å². The van der Waals surface area contributed by atoms with Crippen LogP contribution in [0.1, 0.15) is 79.1 Å². The van der Waals surface area contributed by atoms with E-state index in [0.717, 1.165) is 44.1 Å². The summed E-state index contributed by atoms with van der Waals surface area (Å²) in [6.45, 7) is 8.03. The predicted molar refractivity (Wildman–Crippen MR) is 211 cm³/mol. The standard InChI is InChI=1S/C44H70O18/c1-18-7-10-44(56-16-18)19(2)30-26(62-44)13-24-22-6-5-20-11-21(47)12-29(43(20,4)23(22)8-9-42(24,30)3)59-41-38(34(52)32(50)27(14-45)58-41)61-40-36(54)37(33(51)28(15-46)57-40)60-39-35(53)31(49)25(48)17-55-39/h5,18-19,21-41,45-54H,6-17H2,1-4H3. The van der Waals surface area contributed by atoms with Crippen LogP contribution in [0.2, 0.25) is 0 Å². The van der Waals surface area contributed by atoms with E-state index in [1.165, 1.54) is 0 Å². The van der Waals surface area contributed by atoms with Crippen molar-refractivity contribution in [3.63, 3.8) is 0 Å². The van der Waals surface area contributed by atoms with E-state index in [-0.39, 0.29) is 29.8 Å². The average Bonchev–Trinajstić information content (AvgIpc) is 3.69. The van der Waals surface area contributed by atoms with Crippen LogP contribution in [0.3, 0.4) is 0 Å². The molecule has 0 aromatic carbocycles. The summed E-state index contributed by atoms with van der Waals surface area (Å²) in [7, 11) is 0. The second kappa shape index (κ2) is 17.3. The normalized spacial score (nSPS) is 57.6. The number of fused-ring (bicyclic) bond motifs is 7. The van der Waals surface area contributed by atoms with Gasteiger partial charge in [-0.05, 0) is 73.5 Å². The zero-order valence-electron chi connectivity index (χ0n) is 36.1. The van der Waals surface area contributed by atoms with Gasteiger partial charge in [0.05, 0.1) is 44.7 Å². The molecule has 1 spiro atoms. The molecule has 0 radical (unpaired) electrons. The predicted octanol–water partition coefficient (Wildman–Crippen LogP) is -1.20. The Bertz CT molecular complexity index is 1610. The molecule has 18 heteroatoms. The summed E-state index contributed by atoms with van der Waals surface area (Å²) >= 11 is 0. The quantitative estimate of drug-likeness (QED) is 0.128. The molecule has 3 saturated carbocycles. The molecule has 354 valence electrons. The molecule has 9 aliphatic rings. The van der Waals surface area contributed by atoms with E-state index < -0.39 is 129 Å². The molecule has 26 atom stereocenters. The fourth-order valence-corrected chi connectivity index (χ4v) is 13.9. The van der Waals surface area contributed by atoms with Gasteiger partial charge in [0, 0.05) is 24.2 Å². The maximum absolute atomic E-state index is 11.6. The first kappa shape index (κ1) is 46.1. The lowest BCUT2D eigenvalue weighted by molar-refractivity contribution is -0.387. The largest absolute Gasteiger partial charge is 0.394 e. The number of allylic oxidation sites excluding steroid dienone is 1. The molecule has 5 aliphatic heterocycles. The highest BCUT2D eigenvalue weighted by Gasteiger charge is 2.69. The third kappa shape index (κ3) is 7.39. The Labute approximate surface area is 362 Å². The third-order valence-electron chi connectivity index (χ3n) is 17.4. The summed E-state index contributed by atoms with van der Waals surface area (Å²) in [6.07, 6.45) is -15.4. The second-order valence-electron chi connectivity index (χ2n) is 20.7. The van der Waals surface area contributed by atoms with E-state index in [2.05, 4.69) is 33.8 Å². The Morgan fingerprint density at radius 1 is 0.710 bits per heavy atom. The number of hydrogen-bond acceptors (Lipinski definition) is 18. The SMILES string of the molecule is CC1CCC2(OC1)OC1CC3C4CC=C5CC(O)CC(OC6OC(CO)C(O)C(O)C6OC6OC(CO)C(O)C(OC7OCC(O)C(O)C7O)C6O)C5(C)C4CCC3(C)C1C2C. The Morgan fingerprint density at radius 2 is 1.42 bits per heavy atom. The zero-order valence-corrected chi connectivity index (χ0v) is 36.1. The molecule has 62 heavy (non-hydrogen) atoms. The van der Waals surface area contributed by atoms with Gasteiger partial charge >= 0.3 is 0 Å². The van der Waals surface area contributed by atoms with Gasteiger partial charge in [-0.15, -0.1) is 0 Å². The molecule has 0 bridgehead atoms. The summed E-state index contributed by atoms with van der Waals surface area (Å²) in [4.78, 5) is 0. The summed E-state index contributed by atoms with van der Waals surface area (Å²) in [6, 6.07) is 0. The lowest BCUT2D eigenvalue weighted by Crippen LogP contribution is -2.67. The van der Waals surface area contributed by atoms with Crippen molar-refractivity contribution in [1.82, 2.24) is 0 Å². The van der Waals surface area contributed by atoms with E-state index in [1.54, 1.807) is 0 Å². The minimum atomic E-state index is -1.88. The fourth-order valence-electron chi connectivity index (χ4n) is 13.9. The van der Waals surface area contributed by atoms with Crippen LogP contribution in [0.15, 0.2) is 11.6 Å². The molecule has 18 nitrogen and oxygen atoms in total. The lowest BCUT2D eigenvalue weighted by Gasteiger charge is -2.60. The highest BCUT2D eigenvalue weighted by molar-refractivity contribution is 5.29. The maximum Gasteiger partial charge on any atom is 0.187 e. The van der Waals surface area contributed by atoms with Crippen LogP contribution >= 0.6 is 0 Å². The smallest absolute Gasteiger partial charge is 0.187 e. The Balaban J connectivity index is 0.963. The molecular weight excluding hydrogens is 816 g/mol. The van der Waals surface area contributed by atoms with Crippen LogP contribution in [-0.2, 0) is 37.9 Å². The Kier molecular flexibility index (Phi) is 12.9. The van der Waals surface area contributed by atoms with Crippen molar-refractivity contribution >= 4 is 0 Å². The van der Waals surface area contributed by atoms with Crippen LogP contribution in [0.5, 0.6) is 0 Å². The minimum Gasteiger partial charge on any atom is -0.394 e. The van der Waals surface area contributed by atoms with Gasteiger partial charge in [-0.3, -0.25) is 0 Å². The van der Waals surface area contributed by atoms with Crippen LogP contribution in [-0.4, -0.2) is 188 Å². The highest BCUT2D eigenvalue weighted by Crippen LogP contribution is 2.71. The third-order valence-corrected chi connectivity index (χ3v) is 17.4. The topological polar surface area (TPSA) is 276 Å². The number of hydrogen-bond donors (Lipinski definition) is 10. The molecule has 9 rings (SSSR count). The first-order valence-corrected chi connectivity index (χ1v) is 23.0. The summed E-state index contributed by atoms with van der Waals surface area (Å²) < 4.78 is 49.6. The van der Waals surface area contributed by atoms with Crippen molar-refractivity contribution in [3.05, 3.63) is 11.6 Å². The van der Waals surface area contributed by atoms with Gasteiger partial charge in [0.2, 0.25) is 0 Å². The van der Waals surface area contributed by atoms with E-state index in [9.17, 15) is 51.1 Å². The molecule has 26 unspecified atom stereocenters. The molecular formula is C44H70O18. The first-order chi connectivity index (χ1) is 29.4. The molecule has 10 N–H and O–H groups in total. The number of aliphatic hydroxyl groups is 10. The Morgan fingerprint density at radius 3 is 2.13 bits per heavy atom. The van der Waals surface area contributed by atoms with Crippen LogP contribution in [0.25, 0.3) is 0 Å². The number of rotatable bonds is 8. The number of aliphatic hydroxyl groups excluding tert-OH is 10. The highest BCUT2D eigenvalue weighted by atomic mass is 16.8. The lowest BCUT2D eigenvalue weighted by atomic mass is 9.46. The van der Waals surface area contributed by atoms with Crippen molar-refractivity contribution < 1.29 is 89.0 Å². The van der Waals surface area contributed by atoms with Crippen LogP contribution < -0.4 is 0 Å². The molecule has 0 amide bonds. The summed E-state index contributed by atoms with van der Waals surface area (Å²) in [5, 5.41) is 108. The van der Waals surface area contributed by atoms with E-state index in [1.807, 2.05) is 0 Å². The van der Waals surface area contributed by atoms with Crippen molar-refractivity contribution in [3.8, 4) is 0 Å². The molecule has 8 fully saturated rings. The molecule has 5 heterocycles. The molecule has 5 saturated heterocycles. The summed E-state index contributed by atoms with van der Waals surface area (Å²) in [5.74, 6) is 1.46. The van der Waals surface area contributed by atoms with Crippen molar-refractivity contribution in [1.29, 1.82) is 0 Å². The monoisotopic (exact) mass is 886 g/mol. The zero-order chi connectivity index (χ0) is 44.2. The minimum absolute atomic E-state index is 0.0398. The van der Waals surface area contributed by atoms with Gasteiger partial charge in [0.25, 0.3) is 0 Å². The average molecular weight is 887 g/mol. The second-order valence-corrected chi connectivity index (χ2v) is 20.7.